The zero-order valence-electron chi connectivity index (χ0n) is 17.7. The highest BCUT2D eigenvalue weighted by molar-refractivity contribution is 5.89. The molecule has 3 heterocycles. The third-order valence-electron chi connectivity index (χ3n) is 5.59. The lowest BCUT2D eigenvalue weighted by atomic mass is 10.1. The van der Waals surface area contributed by atoms with Gasteiger partial charge in [-0.25, -0.2) is 0 Å². The van der Waals surface area contributed by atoms with Gasteiger partial charge in [0, 0.05) is 31.7 Å². The molecule has 0 spiro atoms. The molecule has 0 bridgehead atoms. The van der Waals surface area contributed by atoms with E-state index in [4.69, 9.17) is 10.5 Å². The van der Waals surface area contributed by atoms with Crippen molar-refractivity contribution < 1.29 is 4.74 Å². The Balaban J connectivity index is 1.59. The van der Waals surface area contributed by atoms with Gasteiger partial charge in [0.15, 0.2) is 5.82 Å². The molecule has 0 amide bonds. The molecule has 3 rings (SSSR count). The van der Waals surface area contributed by atoms with Gasteiger partial charge in [-0.05, 0) is 39.3 Å². The van der Waals surface area contributed by atoms with Gasteiger partial charge in [-0.3, -0.25) is 0 Å². The van der Waals surface area contributed by atoms with Gasteiger partial charge in [0.1, 0.15) is 22.8 Å². The van der Waals surface area contributed by atoms with E-state index in [1.807, 2.05) is 0 Å². The van der Waals surface area contributed by atoms with Crippen LogP contribution in [0.2, 0.25) is 0 Å². The first-order valence-electron chi connectivity index (χ1n) is 10.7. The molecule has 3 N–H and O–H groups in total. The van der Waals surface area contributed by atoms with E-state index < -0.39 is 0 Å². The minimum absolute atomic E-state index is 0.295. The molecule has 1 saturated heterocycles. The average Bonchev–Trinajstić information content (AvgIpc) is 3.08. The molecule has 0 atom stereocenters. The summed E-state index contributed by atoms with van der Waals surface area (Å²) in [5.41, 5.74) is 8.90. The van der Waals surface area contributed by atoms with Crippen molar-refractivity contribution in [2.75, 3.05) is 52.1 Å². The van der Waals surface area contributed by atoms with Gasteiger partial charge in [0.2, 0.25) is 0 Å². The number of aromatic amines is 1. The van der Waals surface area contributed by atoms with Gasteiger partial charge in [-0.15, -0.1) is 0 Å². The largest absolute Gasteiger partial charge is 0.463 e. The molecular weight excluding hydrogens is 366 g/mol. The van der Waals surface area contributed by atoms with Crippen LogP contribution in [0, 0.1) is 11.3 Å². The maximum absolute atomic E-state index is 9.54. The van der Waals surface area contributed by atoms with Crippen LogP contribution in [0.25, 0.3) is 11.0 Å². The van der Waals surface area contributed by atoms with Crippen molar-refractivity contribution in [3.8, 4) is 12.1 Å². The number of nitrogens with one attached hydrogen (secondary N) is 1. The highest BCUT2D eigenvalue weighted by Gasteiger charge is 2.17. The fourth-order valence-corrected chi connectivity index (χ4v) is 3.71. The van der Waals surface area contributed by atoms with Gasteiger partial charge in [-0.1, -0.05) is 19.8 Å². The predicted octanol–water partition coefficient (Wildman–Crippen LogP) is 2.55. The number of ether oxygens (including phenoxy) is 1. The molecule has 2 aromatic heterocycles. The van der Waals surface area contributed by atoms with Crippen LogP contribution >= 0.6 is 0 Å². The van der Waals surface area contributed by atoms with Crippen molar-refractivity contribution in [1.29, 1.82) is 5.26 Å². The fraction of sp³-hybridized carbons (Fsp3) is 0.667. The predicted molar refractivity (Wildman–Crippen MR) is 115 cm³/mol. The molecule has 0 unspecified atom stereocenters. The van der Waals surface area contributed by atoms with E-state index in [-0.39, 0.29) is 0 Å². The van der Waals surface area contributed by atoms with E-state index in [1.165, 1.54) is 6.42 Å². The summed E-state index contributed by atoms with van der Waals surface area (Å²) in [6, 6.07) is 2.54. The SMILES string of the molecule is CCCCOc1nc(N)c2[nH]c(C#N)c(CCCCCN3CCN(C)CC3)c2n1. The number of nitrogens with zero attached hydrogens (tertiary/aromatic N) is 5. The molecule has 2 aromatic rings. The number of fused-ring (bicyclic) bond motifs is 1. The molecular formula is C21H33N7O. The first-order valence-corrected chi connectivity index (χ1v) is 10.7. The van der Waals surface area contributed by atoms with Crippen molar-refractivity contribution >= 4 is 16.9 Å². The molecule has 0 saturated carbocycles. The van der Waals surface area contributed by atoms with Crippen molar-refractivity contribution in [2.24, 2.45) is 0 Å². The van der Waals surface area contributed by atoms with E-state index >= 15 is 0 Å². The molecule has 158 valence electrons. The standard InChI is InChI=1S/C21H33N7O/c1-3-4-14-29-21-25-18-16(17(15-22)24-19(18)20(23)26-21)8-6-5-7-9-28-12-10-27(2)11-13-28/h24H,3-14H2,1-2H3,(H2,23,25,26). The van der Waals surface area contributed by atoms with Crippen LogP contribution in [0.1, 0.15) is 50.3 Å². The van der Waals surface area contributed by atoms with E-state index in [0.29, 0.717) is 29.6 Å². The Hall–Kier alpha value is -2.37. The Morgan fingerprint density at radius 3 is 2.66 bits per heavy atom. The smallest absolute Gasteiger partial charge is 0.319 e. The second-order valence-corrected chi connectivity index (χ2v) is 7.86. The summed E-state index contributed by atoms with van der Waals surface area (Å²) in [5, 5.41) is 9.54. The second-order valence-electron chi connectivity index (χ2n) is 7.86. The van der Waals surface area contributed by atoms with Gasteiger partial charge < -0.3 is 25.3 Å². The van der Waals surface area contributed by atoms with Crippen molar-refractivity contribution in [2.45, 2.75) is 45.4 Å². The third-order valence-corrected chi connectivity index (χ3v) is 5.59. The van der Waals surface area contributed by atoms with Crippen LogP contribution < -0.4 is 10.5 Å². The quantitative estimate of drug-likeness (QED) is 0.591. The molecule has 0 radical (unpaired) electrons. The van der Waals surface area contributed by atoms with Crippen LogP contribution in [0.4, 0.5) is 5.82 Å². The first-order chi connectivity index (χ1) is 14.1. The number of anilines is 1. The fourth-order valence-electron chi connectivity index (χ4n) is 3.71. The normalized spacial score (nSPS) is 15.6. The summed E-state index contributed by atoms with van der Waals surface area (Å²) in [4.78, 5) is 16.8. The van der Waals surface area contributed by atoms with Gasteiger partial charge in [0.05, 0.1) is 6.61 Å². The second kappa shape index (κ2) is 10.4. The highest BCUT2D eigenvalue weighted by atomic mass is 16.5. The number of likely N-dealkylation sites (N-methyl/N-ethyl adjacent to an activating group) is 1. The summed E-state index contributed by atoms with van der Waals surface area (Å²) in [6.07, 6.45) is 6.11. The number of nitriles is 1. The van der Waals surface area contributed by atoms with Crippen molar-refractivity contribution in [1.82, 2.24) is 24.8 Å². The number of rotatable bonds is 10. The lowest BCUT2D eigenvalue weighted by Crippen LogP contribution is -2.44. The number of hydrogen-bond donors (Lipinski definition) is 2. The number of aromatic nitrogens is 3. The zero-order chi connectivity index (χ0) is 20.6. The number of hydrogen-bond acceptors (Lipinski definition) is 7. The van der Waals surface area contributed by atoms with Gasteiger partial charge in [0.25, 0.3) is 0 Å². The van der Waals surface area contributed by atoms with E-state index in [0.717, 1.165) is 75.9 Å². The number of piperazine rings is 1. The van der Waals surface area contributed by atoms with Gasteiger partial charge in [-0.2, -0.15) is 15.2 Å². The summed E-state index contributed by atoms with van der Waals surface area (Å²) >= 11 is 0. The van der Waals surface area contributed by atoms with E-state index in [2.05, 4.69) is 44.8 Å². The monoisotopic (exact) mass is 399 g/mol. The Morgan fingerprint density at radius 2 is 1.93 bits per heavy atom. The average molecular weight is 400 g/mol. The minimum atomic E-state index is 0.295. The highest BCUT2D eigenvalue weighted by Crippen LogP contribution is 2.27. The van der Waals surface area contributed by atoms with Crippen LogP contribution in [-0.2, 0) is 6.42 Å². The molecule has 8 heteroatoms. The number of nitrogen functional groups attached to an aromatic ring is 1. The summed E-state index contributed by atoms with van der Waals surface area (Å²) < 4.78 is 5.64. The molecule has 0 aromatic carbocycles. The number of H-pyrrole nitrogens is 1. The Bertz CT molecular complexity index is 834. The third kappa shape index (κ3) is 5.58. The van der Waals surface area contributed by atoms with Crippen LogP contribution in [0.3, 0.4) is 0 Å². The number of nitrogens with two attached hydrogens (primary N) is 1. The Labute approximate surface area is 173 Å². The first kappa shape index (κ1) is 21.3. The molecule has 29 heavy (non-hydrogen) atoms. The maximum Gasteiger partial charge on any atom is 0.319 e. The van der Waals surface area contributed by atoms with Crippen LogP contribution in [0.5, 0.6) is 6.01 Å². The molecule has 1 fully saturated rings. The van der Waals surface area contributed by atoms with Crippen LogP contribution in [-0.4, -0.2) is 71.1 Å². The topological polar surface area (TPSA) is 107 Å². The van der Waals surface area contributed by atoms with Crippen molar-refractivity contribution in [3.63, 3.8) is 0 Å². The Kier molecular flexibility index (Phi) is 7.67. The molecule has 1 aliphatic rings. The lowest BCUT2D eigenvalue weighted by molar-refractivity contribution is 0.152. The number of unbranched alkanes of at least 4 members (excludes halogenated alkanes) is 3. The van der Waals surface area contributed by atoms with E-state index in [9.17, 15) is 5.26 Å². The maximum atomic E-state index is 9.54. The summed E-state index contributed by atoms with van der Waals surface area (Å²) in [7, 11) is 2.18. The molecule has 0 aliphatic carbocycles. The molecule has 1 aliphatic heterocycles. The number of aryl methyl sites for hydroxylation is 1. The summed E-state index contributed by atoms with van der Waals surface area (Å²) in [5.74, 6) is 0.333. The van der Waals surface area contributed by atoms with Crippen molar-refractivity contribution in [3.05, 3.63) is 11.3 Å². The minimum Gasteiger partial charge on any atom is -0.463 e. The zero-order valence-corrected chi connectivity index (χ0v) is 17.7. The Morgan fingerprint density at radius 1 is 1.14 bits per heavy atom. The van der Waals surface area contributed by atoms with Gasteiger partial charge >= 0.3 is 6.01 Å². The summed E-state index contributed by atoms with van der Waals surface area (Å²) in [6.45, 7) is 8.46. The molecule has 8 nitrogen and oxygen atoms in total. The van der Waals surface area contributed by atoms with Crippen LogP contribution in [0.15, 0.2) is 0 Å². The lowest BCUT2D eigenvalue weighted by Gasteiger charge is -2.32. The van der Waals surface area contributed by atoms with E-state index in [1.54, 1.807) is 0 Å².